The molecule has 5 rings (SSSR count). The molecule has 2 heterocycles. The molecule has 4 amide bonds. The molecule has 0 radical (unpaired) electrons. The van der Waals surface area contributed by atoms with Crippen molar-refractivity contribution in [3.63, 3.8) is 0 Å². The van der Waals surface area contributed by atoms with Gasteiger partial charge in [-0.05, 0) is 79.8 Å². The first-order chi connectivity index (χ1) is 22.1. The molecule has 0 bridgehead atoms. The molecule has 2 aliphatic heterocycles. The van der Waals surface area contributed by atoms with Crippen LogP contribution in [0.1, 0.15) is 45.1 Å². The molecule has 0 spiro atoms. The number of nitrogens with one attached hydrogen (secondary N) is 2. The number of ether oxygens (including phenoxy) is 1. The third-order valence-electron chi connectivity index (χ3n) is 7.66. The van der Waals surface area contributed by atoms with Gasteiger partial charge in [-0.15, -0.1) is 0 Å². The number of carbonyl (C=O) groups excluding carboxylic acids is 4. The summed E-state index contributed by atoms with van der Waals surface area (Å²) in [5, 5.41) is 5.35. The quantitative estimate of drug-likeness (QED) is 0.255. The third kappa shape index (κ3) is 8.06. The number of hydrogen-bond donors (Lipinski definition) is 2. The minimum Gasteiger partial charge on any atom is -0.445 e. The van der Waals surface area contributed by atoms with Crippen LogP contribution in [0, 0.1) is 0 Å². The van der Waals surface area contributed by atoms with Crippen molar-refractivity contribution in [2.24, 2.45) is 0 Å². The summed E-state index contributed by atoms with van der Waals surface area (Å²) in [7, 11) is -4.15. The number of amides is 4. The first kappa shape index (κ1) is 32.6. The summed E-state index contributed by atoms with van der Waals surface area (Å²) < 4.78 is 32.5. The summed E-state index contributed by atoms with van der Waals surface area (Å²) in [6, 6.07) is 21.2. The molecular weight excluding hydrogens is 611 g/mol. The summed E-state index contributed by atoms with van der Waals surface area (Å²) in [4.78, 5) is 53.0. The van der Waals surface area contributed by atoms with E-state index in [-0.39, 0.29) is 35.8 Å². The average Bonchev–Trinajstić information content (AvgIpc) is 3.73. The highest BCUT2D eigenvalue weighted by molar-refractivity contribution is 7.55. The Morgan fingerprint density at radius 2 is 1.26 bits per heavy atom. The Balaban J connectivity index is 1.37. The fourth-order valence-electron chi connectivity index (χ4n) is 5.61. The second kappa shape index (κ2) is 14.5. The zero-order chi connectivity index (χ0) is 32.7. The Morgan fingerprint density at radius 1 is 0.739 bits per heavy atom. The standard InChI is InChI=1S/C33H37N4O8P/c1-23(38)34-26-12-16-28(17-13-26)44-46(42,45-29-18-14-27(15-19-29)35-24(2)39)31-11-7-21-37(31)32(40)30-10-6-20-36(30)33(41)43-22-25-8-4-3-5-9-25/h3-5,8-9,12-19,30-31H,6-7,10-11,20-22H2,1-2H3,(H,34,38)(H,35,39)/t30-,31+/m0/s1. The first-order valence-electron chi connectivity index (χ1n) is 15.1. The van der Waals surface area contributed by atoms with E-state index in [1.165, 1.54) is 23.6 Å². The molecule has 2 fully saturated rings. The van der Waals surface area contributed by atoms with Crippen LogP contribution in [0.2, 0.25) is 0 Å². The van der Waals surface area contributed by atoms with Crippen molar-refractivity contribution in [2.75, 3.05) is 23.7 Å². The van der Waals surface area contributed by atoms with Crippen molar-refractivity contribution in [2.45, 2.75) is 58.0 Å². The van der Waals surface area contributed by atoms with Gasteiger partial charge in [0.05, 0.1) is 0 Å². The number of carbonyl (C=O) groups is 4. The normalized spacial score (nSPS) is 17.7. The molecule has 0 unspecified atom stereocenters. The van der Waals surface area contributed by atoms with Gasteiger partial charge in [-0.3, -0.25) is 19.3 Å². The molecular formula is C33H37N4O8P. The molecule has 12 nitrogen and oxygen atoms in total. The number of anilines is 2. The minimum atomic E-state index is -4.15. The van der Waals surface area contributed by atoms with Gasteiger partial charge in [0.2, 0.25) is 17.7 Å². The highest BCUT2D eigenvalue weighted by atomic mass is 31.2. The van der Waals surface area contributed by atoms with Crippen molar-refractivity contribution in [3.8, 4) is 11.5 Å². The summed E-state index contributed by atoms with van der Waals surface area (Å²) in [6.07, 6.45) is 1.40. The lowest BCUT2D eigenvalue weighted by Crippen LogP contribution is -2.49. The van der Waals surface area contributed by atoms with Crippen LogP contribution in [-0.2, 0) is 30.3 Å². The third-order valence-corrected chi connectivity index (χ3v) is 9.86. The molecule has 242 valence electrons. The predicted octanol–water partition coefficient (Wildman–Crippen LogP) is 6.00. The fourth-order valence-corrected chi connectivity index (χ4v) is 7.79. The van der Waals surface area contributed by atoms with E-state index in [9.17, 15) is 23.7 Å². The second-order valence-electron chi connectivity index (χ2n) is 11.2. The Bertz CT molecular complexity index is 1530. The maximum Gasteiger partial charge on any atom is 0.453 e. The van der Waals surface area contributed by atoms with Gasteiger partial charge in [-0.1, -0.05) is 30.3 Å². The first-order valence-corrected chi connectivity index (χ1v) is 16.7. The molecule has 2 saturated heterocycles. The van der Waals surface area contributed by atoms with Gasteiger partial charge < -0.3 is 29.3 Å². The zero-order valence-corrected chi connectivity index (χ0v) is 26.6. The lowest BCUT2D eigenvalue weighted by Gasteiger charge is -2.34. The lowest BCUT2D eigenvalue weighted by atomic mass is 10.2. The van der Waals surface area contributed by atoms with Gasteiger partial charge in [0.25, 0.3) is 0 Å². The van der Waals surface area contributed by atoms with E-state index in [2.05, 4.69) is 10.6 Å². The van der Waals surface area contributed by atoms with Gasteiger partial charge in [-0.25, -0.2) is 9.36 Å². The number of benzene rings is 3. The summed E-state index contributed by atoms with van der Waals surface area (Å²) in [5.74, 6) is -1.32. The van der Waals surface area contributed by atoms with Crippen molar-refractivity contribution in [3.05, 3.63) is 84.4 Å². The Labute approximate surface area is 267 Å². The second-order valence-corrected chi connectivity index (χ2v) is 13.2. The number of likely N-dealkylation sites (tertiary alicyclic amines) is 2. The molecule has 2 aliphatic rings. The predicted molar refractivity (Wildman–Crippen MR) is 171 cm³/mol. The van der Waals surface area contributed by atoms with Crippen molar-refractivity contribution in [1.29, 1.82) is 0 Å². The Kier molecular flexibility index (Phi) is 10.3. The molecule has 2 N–H and O–H groups in total. The van der Waals surface area contributed by atoms with Gasteiger partial charge in [0, 0.05) is 38.3 Å². The van der Waals surface area contributed by atoms with Gasteiger partial charge >= 0.3 is 13.7 Å². The van der Waals surface area contributed by atoms with Crippen LogP contribution in [0.5, 0.6) is 11.5 Å². The number of hydrogen-bond acceptors (Lipinski definition) is 8. The summed E-state index contributed by atoms with van der Waals surface area (Å²) in [5.41, 5.74) is 1.90. The van der Waals surface area contributed by atoms with E-state index in [1.54, 1.807) is 48.5 Å². The lowest BCUT2D eigenvalue weighted by molar-refractivity contribution is -0.135. The van der Waals surface area contributed by atoms with Crippen LogP contribution >= 0.6 is 7.60 Å². The van der Waals surface area contributed by atoms with E-state index in [1.807, 2.05) is 30.3 Å². The molecule has 0 aliphatic carbocycles. The highest BCUT2D eigenvalue weighted by Crippen LogP contribution is 2.57. The van der Waals surface area contributed by atoms with E-state index in [0.717, 1.165) is 5.56 Å². The van der Waals surface area contributed by atoms with Crippen LogP contribution in [-0.4, -0.2) is 58.5 Å². The van der Waals surface area contributed by atoms with Crippen LogP contribution in [0.3, 0.4) is 0 Å². The SMILES string of the molecule is CC(=O)Nc1ccc(OP(=O)(Oc2ccc(NC(C)=O)cc2)[C@@H]2CCCN2C(=O)[C@@H]2CCCN2C(=O)OCc2ccccc2)cc1. The topological polar surface area (TPSA) is 144 Å². The van der Waals surface area contributed by atoms with Crippen LogP contribution in [0.25, 0.3) is 0 Å². The summed E-state index contributed by atoms with van der Waals surface area (Å²) in [6.45, 7) is 3.55. The maximum atomic E-state index is 14.8. The van der Waals surface area contributed by atoms with E-state index < -0.39 is 25.5 Å². The average molecular weight is 649 g/mol. The molecule has 3 aromatic carbocycles. The van der Waals surface area contributed by atoms with Crippen LogP contribution in [0.15, 0.2) is 78.9 Å². The minimum absolute atomic E-state index is 0.0851. The van der Waals surface area contributed by atoms with E-state index >= 15 is 0 Å². The zero-order valence-electron chi connectivity index (χ0n) is 25.7. The summed E-state index contributed by atoms with van der Waals surface area (Å²) >= 11 is 0. The van der Waals surface area contributed by atoms with Gasteiger partial charge in [0.15, 0.2) is 5.78 Å². The van der Waals surface area contributed by atoms with Gasteiger partial charge in [0.1, 0.15) is 24.1 Å². The Hall–Kier alpha value is -4.83. The fraction of sp³-hybridized carbons (Fsp3) is 0.333. The molecule has 0 saturated carbocycles. The largest absolute Gasteiger partial charge is 0.453 e. The van der Waals surface area contributed by atoms with Crippen LogP contribution in [0.4, 0.5) is 16.2 Å². The molecule has 0 aromatic heterocycles. The number of nitrogens with zero attached hydrogens (tertiary/aromatic N) is 2. The van der Waals surface area contributed by atoms with Crippen molar-refractivity contribution < 1.29 is 37.5 Å². The molecule has 46 heavy (non-hydrogen) atoms. The maximum absolute atomic E-state index is 14.8. The van der Waals surface area contributed by atoms with E-state index in [0.29, 0.717) is 50.1 Å². The van der Waals surface area contributed by atoms with Gasteiger partial charge in [-0.2, -0.15) is 0 Å². The van der Waals surface area contributed by atoms with E-state index in [4.69, 9.17) is 13.8 Å². The van der Waals surface area contributed by atoms with Crippen molar-refractivity contribution >= 4 is 42.8 Å². The van der Waals surface area contributed by atoms with Crippen LogP contribution < -0.4 is 19.7 Å². The Morgan fingerprint density at radius 3 is 1.80 bits per heavy atom. The molecule has 3 aromatic rings. The number of rotatable bonds is 10. The monoisotopic (exact) mass is 648 g/mol. The smallest absolute Gasteiger partial charge is 0.445 e. The highest BCUT2D eigenvalue weighted by Gasteiger charge is 2.50. The van der Waals surface area contributed by atoms with Crippen molar-refractivity contribution in [1.82, 2.24) is 9.80 Å². The molecule has 13 heteroatoms. The molecule has 2 atom stereocenters.